The number of hydrogen-bond donors (Lipinski definition) is 1. The average Bonchev–Trinajstić information content (AvgIpc) is 2.97. The Morgan fingerprint density at radius 1 is 1.00 bits per heavy atom. The highest BCUT2D eigenvalue weighted by molar-refractivity contribution is 5.59. The summed E-state index contributed by atoms with van der Waals surface area (Å²) in [4.78, 5) is 8.40. The number of aromatic nitrogens is 3. The van der Waals surface area contributed by atoms with Crippen molar-refractivity contribution in [2.75, 3.05) is 5.73 Å². The fourth-order valence-corrected chi connectivity index (χ4v) is 2.32. The molecule has 3 rings (SSSR count). The fourth-order valence-electron chi connectivity index (χ4n) is 2.32. The second kappa shape index (κ2) is 5.79. The number of benzene rings is 1. The van der Waals surface area contributed by atoms with Crippen LogP contribution >= 0.6 is 0 Å². The van der Waals surface area contributed by atoms with E-state index in [1.54, 1.807) is 6.20 Å². The van der Waals surface area contributed by atoms with Gasteiger partial charge in [0.25, 0.3) is 0 Å². The van der Waals surface area contributed by atoms with Crippen LogP contribution in [-0.4, -0.2) is 14.5 Å². The molecular formula is C17H18N4. The Morgan fingerprint density at radius 3 is 2.43 bits per heavy atom. The maximum absolute atomic E-state index is 5.64. The molecule has 4 nitrogen and oxygen atoms in total. The fraction of sp³-hybridized carbons (Fsp3) is 0.176. The zero-order chi connectivity index (χ0) is 14.7. The normalized spacial score (nSPS) is 10.7. The van der Waals surface area contributed by atoms with Gasteiger partial charge in [-0.2, -0.15) is 0 Å². The molecule has 0 bridgehead atoms. The Morgan fingerprint density at radius 2 is 1.76 bits per heavy atom. The number of pyridine rings is 1. The van der Waals surface area contributed by atoms with E-state index in [4.69, 9.17) is 5.73 Å². The van der Waals surface area contributed by atoms with E-state index in [-0.39, 0.29) is 0 Å². The highest BCUT2D eigenvalue weighted by Gasteiger charge is 2.06. The molecule has 2 N–H and O–H groups in total. The second-order valence-electron chi connectivity index (χ2n) is 5.05. The highest BCUT2D eigenvalue weighted by Crippen LogP contribution is 2.20. The first kappa shape index (κ1) is 13.4. The average molecular weight is 278 g/mol. The number of nitrogen functional groups attached to an aromatic ring is 1. The van der Waals surface area contributed by atoms with Gasteiger partial charge >= 0.3 is 0 Å². The van der Waals surface area contributed by atoms with Crippen LogP contribution in [0.4, 0.5) is 5.82 Å². The lowest BCUT2D eigenvalue weighted by Crippen LogP contribution is -2.01. The third kappa shape index (κ3) is 2.94. The largest absolute Gasteiger partial charge is 0.384 e. The number of anilines is 1. The van der Waals surface area contributed by atoms with Crippen molar-refractivity contribution in [2.45, 2.75) is 19.9 Å². The molecule has 0 aliphatic rings. The van der Waals surface area contributed by atoms with Crippen molar-refractivity contribution in [1.82, 2.24) is 14.5 Å². The third-order valence-corrected chi connectivity index (χ3v) is 3.58. The molecule has 0 amide bonds. The van der Waals surface area contributed by atoms with Crippen LogP contribution in [0.1, 0.15) is 18.1 Å². The molecule has 0 fully saturated rings. The first-order chi connectivity index (χ1) is 10.3. The van der Waals surface area contributed by atoms with Gasteiger partial charge in [-0.15, -0.1) is 0 Å². The van der Waals surface area contributed by atoms with E-state index in [1.165, 1.54) is 11.1 Å². The van der Waals surface area contributed by atoms with Crippen molar-refractivity contribution in [3.05, 3.63) is 66.2 Å². The number of hydrogen-bond acceptors (Lipinski definition) is 3. The molecule has 3 aromatic rings. The molecule has 21 heavy (non-hydrogen) atoms. The van der Waals surface area contributed by atoms with Crippen LogP contribution in [0.2, 0.25) is 0 Å². The highest BCUT2D eigenvalue weighted by atomic mass is 15.0. The molecule has 106 valence electrons. The number of nitrogens with zero attached hydrogens (tertiary/aromatic N) is 3. The Labute approximate surface area is 124 Å². The zero-order valence-electron chi connectivity index (χ0n) is 12.0. The number of rotatable bonds is 4. The van der Waals surface area contributed by atoms with Crippen molar-refractivity contribution in [1.29, 1.82) is 0 Å². The minimum absolute atomic E-state index is 0.528. The molecule has 0 aliphatic carbocycles. The summed E-state index contributed by atoms with van der Waals surface area (Å²) in [6.07, 6.45) is 6.55. The number of imidazole rings is 1. The van der Waals surface area contributed by atoms with E-state index in [9.17, 15) is 0 Å². The van der Waals surface area contributed by atoms with Gasteiger partial charge in [-0.3, -0.25) is 0 Å². The van der Waals surface area contributed by atoms with Crippen LogP contribution in [0.15, 0.2) is 55.1 Å². The molecule has 0 saturated heterocycles. The molecule has 0 unspecified atom stereocenters. The van der Waals surface area contributed by atoms with Crippen molar-refractivity contribution < 1.29 is 0 Å². The van der Waals surface area contributed by atoms with Crippen LogP contribution in [0, 0.1) is 0 Å². The number of nitrogens with two attached hydrogens (primary N) is 1. The van der Waals surface area contributed by atoms with Gasteiger partial charge < -0.3 is 10.3 Å². The predicted molar refractivity (Wildman–Crippen MR) is 84.8 cm³/mol. The second-order valence-corrected chi connectivity index (χ2v) is 5.05. The zero-order valence-corrected chi connectivity index (χ0v) is 12.0. The minimum atomic E-state index is 0.528. The quantitative estimate of drug-likeness (QED) is 0.797. The molecule has 1 aromatic carbocycles. The van der Waals surface area contributed by atoms with E-state index >= 15 is 0 Å². The molecule has 0 aliphatic heterocycles. The molecule has 2 heterocycles. The van der Waals surface area contributed by atoms with Crippen LogP contribution in [0.5, 0.6) is 0 Å². The lowest BCUT2D eigenvalue weighted by Gasteiger charge is -2.09. The van der Waals surface area contributed by atoms with Gasteiger partial charge in [-0.25, -0.2) is 9.97 Å². The summed E-state index contributed by atoms with van der Waals surface area (Å²) in [5, 5.41) is 0. The Bertz CT molecular complexity index is 711. The van der Waals surface area contributed by atoms with Gasteiger partial charge in [-0.05, 0) is 29.7 Å². The molecule has 0 atom stereocenters. The van der Waals surface area contributed by atoms with Gasteiger partial charge in [0.15, 0.2) is 0 Å². The van der Waals surface area contributed by atoms with Gasteiger partial charge in [0.05, 0.1) is 18.2 Å². The molecule has 0 radical (unpaired) electrons. The maximum Gasteiger partial charge on any atom is 0.123 e. The first-order valence-corrected chi connectivity index (χ1v) is 7.06. The van der Waals surface area contributed by atoms with Gasteiger partial charge in [0.2, 0.25) is 0 Å². The van der Waals surface area contributed by atoms with Gasteiger partial charge in [0.1, 0.15) is 5.82 Å². The Kier molecular flexibility index (Phi) is 3.69. The Balaban J connectivity index is 1.86. The van der Waals surface area contributed by atoms with Crippen LogP contribution in [-0.2, 0) is 13.0 Å². The Hall–Kier alpha value is -2.62. The first-order valence-electron chi connectivity index (χ1n) is 7.06. The lowest BCUT2D eigenvalue weighted by molar-refractivity contribution is 0.804. The molecule has 4 heteroatoms. The number of aryl methyl sites for hydroxylation is 1. The summed E-state index contributed by atoms with van der Waals surface area (Å²) in [5.74, 6) is 0.528. The molecule has 0 saturated carbocycles. The van der Waals surface area contributed by atoms with E-state index in [2.05, 4.69) is 45.7 Å². The predicted octanol–water partition coefficient (Wildman–Crippen LogP) is 3.14. The van der Waals surface area contributed by atoms with Crippen LogP contribution in [0.3, 0.4) is 0 Å². The van der Waals surface area contributed by atoms with Crippen molar-refractivity contribution >= 4 is 5.82 Å². The van der Waals surface area contributed by atoms with E-state index < -0.39 is 0 Å². The van der Waals surface area contributed by atoms with Gasteiger partial charge in [0, 0.05) is 18.3 Å². The standard InChI is InChI=1S/C17H18N4/c1-2-13-3-5-14(6-4-13)11-21-12-19-10-16(21)15-7-8-17(18)20-9-15/h3-10,12H,2,11H2,1H3,(H2,18,20). The van der Waals surface area contributed by atoms with Gasteiger partial charge in [-0.1, -0.05) is 31.2 Å². The monoisotopic (exact) mass is 278 g/mol. The van der Waals surface area contributed by atoms with Crippen molar-refractivity contribution in [3.63, 3.8) is 0 Å². The molecule has 0 spiro atoms. The van der Waals surface area contributed by atoms with E-state index in [0.717, 1.165) is 24.2 Å². The summed E-state index contributed by atoms with van der Waals surface area (Å²) < 4.78 is 2.12. The molecular weight excluding hydrogens is 260 g/mol. The summed E-state index contributed by atoms with van der Waals surface area (Å²) in [7, 11) is 0. The summed E-state index contributed by atoms with van der Waals surface area (Å²) in [5.41, 5.74) is 10.3. The topological polar surface area (TPSA) is 56.7 Å². The van der Waals surface area contributed by atoms with Crippen molar-refractivity contribution in [2.24, 2.45) is 0 Å². The summed E-state index contributed by atoms with van der Waals surface area (Å²) in [6, 6.07) is 12.5. The summed E-state index contributed by atoms with van der Waals surface area (Å²) in [6.45, 7) is 2.96. The molecule has 2 aromatic heterocycles. The third-order valence-electron chi connectivity index (χ3n) is 3.58. The van der Waals surface area contributed by atoms with Crippen LogP contribution < -0.4 is 5.73 Å². The summed E-state index contributed by atoms with van der Waals surface area (Å²) >= 11 is 0. The lowest BCUT2D eigenvalue weighted by atomic mass is 10.1. The smallest absolute Gasteiger partial charge is 0.123 e. The van der Waals surface area contributed by atoms with Crippen LogP contribution in [0.25, 0.3) is 11.3 Å². The van der Waals surface area contributed by atoms with Crippen molar-refractivity contribution in [3.8, 4) is 11.3 Å². The van der Waals surface area contributed by atoms with E-state index in [0.29, 0.717) is 5.82 Å². The van der Waals surface area contributed by atoms with E-state index in [1.807, 2.05) is 24.7 Å². The SMILES string of the molecule is CCc1ccc(Cn2cncc2-c2ccc(N)nc2)cc1. The maximum atomic E-state index is 5.64. The minimum Gasteiger partial charge on any atom is -0.384 e.